The van der Waals surface area contributed by atoms with E-state index in [0.29, 0.717) is 28.1 Å². The van der Waals surface area contributed by atoms with E-state index in [-0.39, 0.29) is 34.5 Å². The number of ether oxygens (including phenoxy) is 2. The number of carbonyl (C=O) groups excluding carboxylic acids is 1. The highest BCUT2D eigenvalue weighted by Gasteiger charge is 2.35. The molecule has 1 atom stereocenters. The average Bonchev–Trinajstić information content (AvgIpc) is 3.27. The van der Waals surface area contributed by atoms with Crippen LogP contribution < -0.4 is 14.9 Å². The maximum absolute atomic E-state index is 13.5. The molecule has 9 nitrogen and oxygen atoms in total. The minimum Gasteiger partial charge on any atom is -0.507 e. The van der Waals surface area contributed by atoms with Gasteiger partial charge in [0, 0.05) is 35.5 Å². The maximum Gasteiger partial charge on any atom is 0.312 e. The van der Waals surface area contributed by atoms with E-state index in [4.69, 9.17) is 13.9 Å². The predicted molar refractivity (Wildman–Crippen MR) is 121 cm³/mol. The van der Waals surface area contributed by atoms with Crippen molar-refractivity contribution in [1.29, 1.82) is 0 Å². The smallest absolute Gasteiger partial charge is 0.312 e. The number of methoxy groups -OCH3 is 1. The van der Waals surface area contributed by atoms with Crippen LogP contribution in [0.2, 0.25) is 0 Å². The summed E-state index contributed by atoms with van der Waals surface area (Å²) in [4.78, 5) is 30.3. The van der Waals surface area contributed by atoms with E-state index in [1.807, 2.05) is 0 Å². The third kappa shape index (κ3) is 2.94. The molecule has 1 aliphatic rings. The first-order valence-corrected chi connectivity index (χ1v) is 10.5. The number of carbonyl (C=O) groups is 1. The molecule has 5 aromatic rings. The van der Waals surface area contributed by atoms with Crippen LogP contribution in [0.15, 0.2) is 70.5 Å². The molecular weight excluding hydrogens is 438 g/mol. The van der Waals surface area contributed by atoms with Crippen molar-refractivity contribution in [1.82, 2.24) is 14.6 Å². The van der Waals surface area contributed by atoms with Gasteiger partial charge in [-0.25, -0.2) is 9.50 Å². The quantitative estimate of drug-likeness (QED) is 0.324. The van der Waals surface area contributed by atoms with Crippen molar-refractivity contribution in [3.8, 4) is 28.4 Å². The van der Waals surface area contributed by atoms with Crippen LogP contribution in [-0.2, 0) is 4.79 Å². The number of benzene rings is 2. The van der Waals surface area contributed by atoms with Gasteiger partial charge in [0.1, 0.15) is 34.5 Å². The van der Waals surface area contributed by atoms with Crippen LogP contribution in [-0.4, -0.2) is 32.8 Å². The van der Waals surface area contributed by atoms with E-state index >= 15 is 0 Å². The number of nitrogens with zero attached hydrogens (tertiary/aromatic N) is 3. The molecular formula is C25H17N3O6. The Balaban J connectivity index is 1.60. The Hall–Kier alpha value is -4.66. The van der Waals surface area contributed by atoms with Gasteiger partial charge in [-0.2, -0.15) is 5.10 Å². The van der Waals surface area contributed by atoms with E-state index in [1.165, 1.54) is 12.3 Å². The third-order valence-corrected chi connectivity index (χ3v) is 6.05. The SMILES string of the molecule is COc1ccc(-c2coc3c4c(cc(O)c3c2=O)OC(=O)CC4c2cnn3cccnc23)cc1. The molecule has 4 heterocycles. The highest BCUT2D eigenvalue weighted by atomic mass is 16.5. The fourth-order valence-corrected chi connectivity index (χ4v) is 4.46. The summed E-state index contributed by atoms with van der Waals surface area (Å²) in [6.45, 7) is 0. The van der Waals surface area contributed by atoms with Gasteiger partial charge < -0.3 is 19.0 Å². The minimum absolute atomic E-state index is 0.00868. The summed E-state index contributed by atoms with van der Waals surface area (Å²) in [5, 5.41) is 15.1. The first kappa shape index (κ1) is 20.0. The van der Waals surface area contributed by atoms with Crippen LogP contribution in [0.25, 0.3) is 27.7 Å². The van der Waals surface area contributed by atoms with Crippen LogP contribution in [0.3, 0.4) is 0 Å². The van der Waals surface area contributed by atoms with Crippen molar-refractivity contribution in [2.45, 2.75) is 12.3 Å². The summed E-state index contributed by atoms with van der Waals surface area (Å²) in [6.07, 6.45) is 6.39. The molecule has 168 valence electrons. The summed E-state index contributed by atoms with van der Waals surface area (Å²) in [5.74, 6) is -0.533. The lowest BCUT2D eigenvalue weighted by Crippen LogP contribution is -2.22. The molecule has 6 rings (SSSR count). The van der Waals surface area contributed by atoms with Crippen molar-refractivity contribution in [2.75, 3.05) is 7.11 Å². The van der Waals surface area contributed by atoms with Crippen LogP contribution in [0.4, 0.5) is 0 Å². The van der Waals surface area contributed by atoms with Gasteiger partial charge >= 0.3 is 5.97 Å². The Morgan fingerprint density at radius 2 is 2.03 bits per heavy atom. The van der Waals surface area contributed by atoms with Crippen LogP contribution >= 0.6 is 0 Å². The molecule has 1 aliphatic heterocycles. The lowest BCUT2D eigenvalue weighted by atomic mass is 9.86. The maximum atomic E-state index is 13.5. The zero-order valence-corrected chi connectivity index (χ0v) is 17.9. The van der Waals surface area contributed by atoms with E-state index in [9.17, 15) is 14.7 Å². The van der Waals surface area contributed by atoms with Gasteiger partial charge in [-0.1, -0.05) is 12.1 Å². The van der Waals surface area contributed by atoms with Gasteiger partial charge in [-0.05, 0) is 23.8 Å². The molecule has 3 aromatic heterocycles. The van der Waals surface area contributed by atoms with Crippen molar-refractivity contribution in [3.63, 3.8) is 0 Å². The predicted octanol–water partition coefficient (Wildman–Crippen LogP) is 3.66. The zero-order chi connectivity index (χ0) is 23.4. The highest BCUT2D eigenvalue weighted by Crippen LogP contribution is 2.46. The molecule has 1 unspecified atom stereocenters. The molecule has 1 N–H and O–H groups in total. The molecule has 0 spiro atoms. The van der Waals surface area contributed by atoms with Crippen LogP contribution in [0, 0.1) is 0 Å². The normalized spacial score (nSPS) is 15.3. The van der Waals surface area contributed by atoms with Crippen molar-refractivity contribution in [2.24, 2.45) is 0 Å². The minimum atomic E-state index is -0.526. The molecule has 0 radical (unpaired) electrons. The van der Waals surface area contributed by atoms with Gasteiger partial charge in [0.15, 0.2) is 5.65 Å². The largest absolute Gasteiger partial charge is 0.507 e. The van der Waals surface area contributed by atoms with Crippen LogP contribution in [0.5, 0.6) is 17.2 Å². The number of esters is 1. The molecule has 0 fully saturated rings. The molecule has 9 heteroatoms. The summed E-state index contributed by atoms with van der Waals surface area (Å²) in [7, 11) is 1.56. The van der Waals surface area contributed by atoms with Crippen molar-refractivity contribution < 1.29 is 23.8 Å². The Bertz CT molecular complexity index is 1650. The number of fused-ring (bicyclic) bond motifs is 4. The van der Waals surface area contributed by atoms with E-state index in [0.717, 1.165) is 0 Å². The number of aromatic hydroxyl groups is 1. The summed E-state index contributed by atoms with van der Waals surface area (Å²) in [6, 6.07) is 9.98. The number of phenols is 1. The molecule has 0 bridgehead atoms. The van der Waals surface area contributed by atoms with Crippen molar-refractivity contribution in [3.05, 3.63) is 82.6 Å². The molecule has 34 heavy (non-hydrogen) atoms. The standard InChI is InChI=1S/C25H17N3O6/c1-32-14-5-3-13(4-6-14)17-12-33-24-21-15(16-11-27-28-8-2-7-26-25(16)28)9-20(30)34-19(21)10-18(29)22(24)23(17)31/h2-8,10-12,15,29H,9H2,1H3. The third-order valence-electron chi connectivity index (χ3n) is 6.05. The van der Waals surface area contributed by atoms with Gasteiger partial charge in [0.25, 0.3) is 0 Å². The first-order valence-electron chi connectivity index (χ1n) is 10.5. The van der Waals surface area contributed by atoms with Gasteiger partial charge in [0.2, 0.25) is 5.43 Å². The number of aromatic nitrogens is 3. The van der Waals surface area contributed by atoms with E-state index < -0.39 is 17.3 Å². The summed E-state index contributed by atoms with van der Waals surface area (Å²) < 4.78 is 18.2. The second kappa shape index (κ2) is 7.45. The second-order valence-electron chi connectivity index (χ2n) is 7.94. The Kier molecular flexibility index (Phi) is 4.38. The van der Waals surface area contributed by atoms with Crippen molar-refractivity contribution >= 4 is 22.6 Å². The Labute approximate surface area is 191 Å². The molecule has 0 amide bonds. The fraction of sp³-hybridized carbons (Fsp3) is 0.120. The number of rotatable bonds is 3. The molecule has 2 aromatic carbocycles. The lowest BCUT2D eigenvalue weighted by molar-refractivity contribution is -0.135. The van der Waals surface area contributed by atoms with Gasteiger partial charge in [-0.15, -0.1) is 0 Å². The van der Waals surface area contributed by atoms with Gasteiger partial charge in [-0.3, -0.25) is 9.59 Å². The van der Waals surface area contributed by atoms with E-state index in [1.54, 1.807) is 60.5 Å². The number of hydrogen-bond donors (Lipinski definition) is 1. The number of hydrogen-bond acceptors (Lipinski definition) is 8. The van der Waals surface area contributed by atoms with Gasteiger partial charge in [0.05, 0.1) is 25.3 Å². The first-order chi connectivity index (χ1) is 16.5. The highest BCUT2D eigenvalue weighted by molar-refractivity contribution is 5.94. The average molecular weight is 455 g/mol. The molecule has 0 saturated heterocycles. The van der Waals surface area contributed by atoms with E-state index in [2.05, 4.69) is 10.1 Å². The Morgan fingerprint density at radius 1 is 1.21 bits per heavy atom. The molecule has 0 aliphatic carbocycles. The molecule has 0 saturated carbocycles. The summed E-state index contributed by atoms with van der Waals surface area (Å²) >= 11 is 0. The Morgan fingerprint density at radius 3 is 2.82 bits per heavy atom. The zero-order valence-electron chi connectivity index (χ0n) is 17.9. The topological polar surface area (TPSA) is 116 Å². The number of phenolic OH excluding ortho intramolecular Hbond substituents is 1. The fourth-order valence-electron chi connectivity index (χ4n) is 4.46. The van der Waals surface area contributed by atoms with Crippen LogP contribution in [0.1, 0.15) is 23.5 Å². The second-order valence-corrected chi connectivity index (χ2v) is 7.94. The summed E-state index contributed by atoms with van der Waals surface area (Å²) in [5.41, 5.74) is 2.41. The lowest BCUT2D eigenvalue weighted by Gasteiger charge is -2.25. The monoisotopic (exact) mass is 455 g/mol.